The standard InChI is InChI=1S/C35H48N4O6/c1-9-43-22-31(40)38-33-32(36-18-28-21-44-35(5,6)45-25(28)4)23(2)24(3)37-34(33)39(19-26-10-14-29(41-7)15-11-26)20-27-12-16-30(42-8)17-13-27/h10-17,25,28H,9,18-22H2,1-8H3,(H,36,37)(H,38,40). The van der Waals surface area contributed by atoms with E-state index in [1.54, 1.807) is 14.2 Å². The number of rotatable bonds is 14. The zero-order valence-corrected chi connectivity index (χ0v) is 27.9. The normalized spacial score (nSPS) is 17.4. The number of aromatic nitrogens is 1. The molecule has 244 valence electrons. The van der Waals surface area contributed by atoms with Gasteiger partial charge in [0.25, 0.3) is 5.91 Å². The van der Waals surface area contributed by atoms with E-state index in [1.165, 1.54) is 0 Å². The van der Waals surface area contributed by atoms with Gasteiger partial charge >= 0.3 is 0 Å². The first-order chi connectivity index (χ1) is 21.5. The SMILES string of the molecule is CCOCC(=O)Nc1c(N(Cc2ccc(OC)cc2)Cc2ccc(OC)cc2)nc(C)c(C)c1NCC1COC(C)(C)OC1C. The lowest BCUT2D eigenvalue weighted by Gasteiger charge is -2.40. The zero-order chi connectivity index (χ0) is 32.6. The van der Waals surface area contributed by atoms with Crippen molar-refractivity contribution in [2.75, 3.05) is 56.1 Å². The molecular weight excluding hydrogens is 572 g/mol. The van der Waals surface area contributed by atoms with Gasteiger partial charge in [-0.25, -0.2) is 4.98 Å². The number of anilines is 3. The molecule has 10 nitrogen and oxygen atoms in total. The second kappa shape index (κ2) is 15.4. The summed E-state index contributed by atoms with van der Waals surface area (Å²) in [5.74, 6) is 1.47. The zero-order valence-electron chi connectivity index (χ0n) is 27.9. The maximum absolute atomic E-state index is 13.2. The molecule has 1 aromatic heterocycles. The lowest BCUT2D eigenvalue weighted by atomic mass is 10.0. The molecule has 0 bridgehead atoms. The minimum Gasteiger partial charge on any atom is -0.497 e. The van der Waals surface area contributed by atoms with Gasteiger partial charge in [0.15, 0.2) is 11.6 Å². The Morgan fingerprint density at radius 2 is 1.56 bits per heavy atom. The van der Waals surface area contributed by atoms with Crippen LogP contribution in [0.25, 0.3) is 0 Å². The van der Waals surface area contributed by atoms with Crippen molar-refractivity contribution in [1.29, 1.82) is 0 Å². The smallest absolute Gasteiger partial charge is 0.250 e. The number of pyridine rings is 1. The molecule has 2 N–H and O–H groups in total. The highest BCUT2D eigenvalue weighted by atomic mass is 16.7. The Morgan fingerprint density at radius 1 is 0.978 bits per heavy atom. The van der Waals surface area contributed by atoms with Crippen molar-refractivity contribution >= 4 is 23.1 Å². The van der Waals surface area contributed by atoms with Gasteiger partial charge in [0.05, 0.1) is 32.6 Å². The quantitative estimate of drug-likeness (QED) is 0.221. The van der Waals surface area contributed by atoms with Crippen LogP contribution in [-0.2, 0) is 32.1 Å². The van der Waals surface area contributed by atoms with Crippen molar-refractivity contribution < 1.29 is 28.5 Å². The summed E-state index contributed by atoms with van der Waals surface area (Å²) in [6, 6.07) is 16.0. The Morgan fingerprint density at radius 3 is 2.07 bits per heavy atom. The predicted octanol–water partition coefficient (Wildman–Crippen LogP) is 6.10. The van der Waals surface area contributed by atoms with E-state index in [-0.39, 0.29) is 24.5 Å². The van der Waals surface area contributed by atoms with Crippen molar-refractivity contribution in [3.8, 4) is 11.5 Å². The van der Waals surface area contributed by atoms with Gasteiger partial charge in [-0.1, -0.05) is 24.3 Å². The van der Waals surface area contributed by atoms with Crippen LogP contribution >= 0.6 is 0 Å². The lowest BCUT2D eigenvalue weighted by molar-refractivity contribution is -0.286. The van der Waals surface area contributed by atoms with Gasteiger partial charge in [0.1, 0.15) is 23.8 Å². The number of carbonyl (C=O) groups is 1. The molecule has 2 unspecified atom stereocenters. The topological polar surface area (TPSA) is 103 Å². The Bertz CT molecular complexity index is 1360. The number of aryl methyl sites for hydroxylation is 1. The Balaban J connectivity index is 1.76. The Hall–Kier alpha value is -3.86. The summed E-state index contributed by atoms with van der Waals surface area (Å²) in [4.78, 5) is 20.5. The third-order valence-electron chi connectivity index (χ3n) is 8.05. The molecular formula is C35H48N4O6. The fourth-order valence-electron chi connectivity index (χ4n) is 5.30. The van der Waals surface area contributed by atoms with Crippen LogP contribution in [0.15, 0.2) is 48.5 Å². The molecule has 10 heteroatoms. The molecule has 1 fully saturated rings. The number of nitrogens with zero attached hydrogens (tertiary/aromatic N) is 2. The van der Waals surface area contributed by atoms with E-state index < -0.39 is 5.79 Å². The molecule has 2 atom stereocenters. The van der Waals surface area contributed by atoms with Crippen molar-refractivity contribution in [2.45, 2.75) is 66.5 Å². The summed E-state index contributed by atoms with van der Waals surface area (Å²) in [6.45, 7) is 14.4. The van der Waals surface area contributed by atoms with Gasteiger partial charge in [-0.05, 0) is 82.5 Å². The second-order valence-corrected chi connectivity index (χ2v) is 11.8. The van der Waals surface area contributed by atoms with E-state index in [2.05, 4.69) is 22.5 Å². The van der Waals surface area contributed by atoms with E-state index in [1.807, 2.05) is 83.1 Å². The third kappa shape index (κ3) is 9.09. The predicted molar refractivity (Wildman–Crippen MR) is 177 cm³/mol. The summed E-state index contributed by atoms with van der Waals surface area (Å²) >= 11 is 0. The maximum Gasteiger partial charge on any atom is 0.250 e. The van der Waals surface area contributed by atoms with E-state index in [0.29, 0.717) is 44.4 Å². The molecule has 0 spiro atoms. The number of hydrogen-bond acceptors (Lipinski definition) is 9. The summed E-state index contributed by atoms with van der Waals surface area (Å²) in [5.41, 5.74) is 5.36. The lowest BCUT2D eigenvalue weighted by Crippen LogP contribution is -2.46. The highest BCUT2D eigenvalue weighted by molar-refractivity contribution is 5.99. The average molecular weight is 621 g/mol. The van der Waals surface area contributed by atoms with Crippen molar-refractivity contribution in [1.82, 2.24) is 4.98 Å². The summed E-state index contributed by atoms with van der Waals surface area (Å²) in [6.07, 6.45) is -0.0124. The van der Waals surface area contributed by atoms with Crippen LogP contribution in [0.5, 0.6) is 11.5 Å². The summed E-state index contributed by atoms with van der Waals surface area (Å²) < 4.78 is 28.3. The van der Waals surface area contributed by atoms with Gasteiger partial charge in [0.2, 0.25) is 0 Å². The molecule has 0 saturated carbocycles. The first-order valence-electron chi connectivity index (χ1n) is 15.5. The number of methoxy groups -OCH3 is 2. The van der Waals surface area contributed by atoms with E-state index in [4.69, 9.17) is 28.7 Å². The number of nitrogens with one attached hydrogen (secondary N) is 2. The van der Waals surface area contributed by atoms with Gasteiger partial charge in [-0.2, -0.15) is 0 Å². The average Bonchev–Trinajstić information content (AvgIpc) is 3.02. The molecule has 45 heavy (non-hydrogen) atoms. The molecule has 0 aliphatic carbocycles. The monoisotopic (exact) mass is 620 g/mol. The van der Waals surface area contributed by atoms with E-state index >= 15 is 0 Å². The number of benzene rings is 2. The molecule has 1 aliphatic rings. The highest BCUT2D eigenvalue weighted by Gasteiger charge is 2.34. The van der Waals surface area contributed by atoms with Crippen LogP contribution in [0.3, 0.4) is 0 Å². The Kier molecular flexibility index (Phi) is 11.7. The van der Waals surface area contributed by atoms with Crippen LogP contribution in [-0.4, -0.2) is 63.4 Å². The molecule has 2 heterocycles. The molecule has 3 aromatic rings. The fourth-order valence-corrected chi connectivity index (χ4v) is 5.30. The largest absolute Gasteiger partial charge is 0.497 e. The van der Waals surface area contributed by atoms with Crippen LogP contribution in [0.2, 0.25) is 0 Å². The van der Waals surface area contributed by atoms with Crippen LogP contribution < -0.4 is 25.0 Å². The van der Waals surface area contributed by atoms with Gasteiger partial charge in [-0.15, -0.1) is 0 Å². The second-order valence-electron chi connectivity index (χ2n) is 11.8. The molecule has 0 radical (unpaired) electrons. The van der Waals surface area contributed by atoms with Crippen LogP contribution in [0.1, 0.15) is 50.1 Å². The third-order valence-corrected chi connectivity index (χ3v) is 8.05. The number of ether oxygens (including phenoxy) is 5. The van der Waals surface area contributed by atoms with E-state index in [0.717, 1.165) is 39.6 Å². The number of hydrogen-bond donors (Lipinski definition) is 2. The Labute approximate surface area is 267 Å². The summed E-state index contributed by atoms with van der Waals surface area (Å²) in [5, 5.41) is 6.80. The highest BCUT2D eigenvalue weighted by Crippen LogP contribution is 2.38. The molecule has 1 amide bonds. The molecule has 2 aromatic carbocycles. The van der Waals surface area contributed by atoms with Gasteiger partial charge in [0, 0.05) is 37.9 Å². The van der Waals surface area contributed by atoms with Gasteiger partial charge in [-0.3, -0.25) is 4.79 Å². The maximum atomic E-state index is 13.2. The van der Waals surface area contributed by atoms with Gasteiger partial charge < -0.3 is 39.2 Å². The first kappa shape index (κ1) is 34.0. The van der Waals surface area contributed by atoms with Crippen molar-refractivity contribution in [3.63, 3.8) is 0 Å². The molecule has 1 saturated heterocycles. The number of amides is 1. The molecule has 4 rings (SSSR count). The minimum atomic E-state index is -0.617. The molecule has 1 aliphatic heterocycles. The minimum absolute atomic E-state index is 0.0124. The van der Waals surface area contributed by atoms with Crippen molar-refractivity contribution in [3.05, 3.63) is 70.9 Å². The van der Waals surface area contributed by atoms with Crippen LogP contribution in [0.4, 0.5) is 17.2 Å². The fraction of sp³-hybridized carbons (Fsp3) is 0.486. The van der Waals surface area contributed by atoms with Crippen LogP contribution in [0, 0.1) is 19.8 Å². The first-order valence-corrected chi connectivity index (χ1v) is 15.5. The van der Waals surface area contributed by atoms with E-state index in [9.17, 15) is 4.79 Å². The number of carbonyl (C=O) groups excluding carboxylic acids is 1. The van der Waals surface area contributed by atoms with Crippen molar-refractivity contribution in [2.24, 2.45) is 5.92 Å². The summed E-state index contributed by atoms with van der Waals surface area (Å²) in [7, 11) is 3.31.